The largest absolute Gasteiger partial charge is 0.283 e. The van der Waals surface area contributed by atoms with E-state index < -0.39 is 0 Å². The molecule has 0 aliphatic carbocycles. The van der Waals surface area contributed by atoms with Crippen LogP contribution < -0.4 is 0 Å². The van der Waals surface area contributed by atoms with Crippen molar-refractivity contribution in [3.8, 4) is 6.07 Å². The highest BCUT2D eigenvalue weighted by atomic mass is 15.2. The highest BCUT2D eigenvalue weighted by Crippen LogP contribution is 2.30. The maximum Gasteiger partial charge on any atom is 0.0979 e. The number of hydrogen-bond donors (Lipinski definition) is 0. The number of nitrogens with zero attached hydrogens (tertiary/aromatic N) is 2. The van der Waals surface area contributed by atoms with Crippen LogP contribution in [0.4, 0.5) is 0 Å². The third-order valence-corrected chi connectivity index (χ3v) is 2.88. The molecule has 0 amide bonds. The Bertz CT molecular complexity index is 191. The van der Waals surface area contributed by atoms with Gasteiger partial charge in [0, 0.05) is 5.54 Å². The summed E-state index contributed by atoms with van der Waals surface area (Å²) in [5.41, 5.74) is 0.246. The van der Waals surface area contributed by atoms with E-state index in [1.165, 1.54) is 12.8 Å². The van der Waals surface area contributed by atoms with Gasteiger partial charge in [-0.2, -0.15) is 5.26 Å². The maximum absolute atomic E-state index is 8.93. The molecule has 1 saturated heterocycles. The van der Waals surface area contributed by atoms with Gasteiger partial charge in [0.05, 0.1) is 12.1 Å². The van der Waals surface area contributed by atoms with E-state index in [-0.39, 0.29) is 11.6 Å². The van der Waals surface area contributed by atoms with Gasteiger partial charge in [0.25, 0.3) is 0 Å². The summed E-state index contributed by atoms with van der Waals surface area (Å²) in [6.45, 7) is 7.65. The number of rotatable bonds is 2. The predicted molar refractivity (Wildman–Crippen MR) is 49.7 cm³/mol. The van der Waals surface area contributed by atoms with Crippen LogP contribution in [0.25, 0.3) is 0 Å². The van der Waals surface area contributed by atoms with Crippen LogP contribution >= 0.6 is 0 Å². The van der Waals surface area contributed by atoms with E-state index in [2.05, 4.69) is 31.7 Å². The van der Waals surface area contributed by atoms with Crippen molar-refractivity contribution in [1.82, 2.24) is 4.90 Å². The van der Waals surface area contributed by atoms with Crippen molar-refractivity contribution in [2.24, 2.45) is 0 Å². The summed E-state index contributed by atoms with van der Waals surface area (Å²) < 4.78 is 0. The van der Waals surface area contributed by atoms with E-state index >= 15 is 0 Å². The average Bonchev–Trinajstić information content (AvgIpc) is 2.34. The highest BCUT2D eigenvalue weighted by molar-refractivity contribution is 5.00. The average molecular weight is 166 g/mol. The first-order valence-corrected chi connectivity index (χ1v) is 4.78. The van der Waals surface area contributed by atoms with E-state index in [1.54, 1.807) is 0 Å². The molecule has 1 aliphatic heterocycles. The van der Waals surface area contributed by atoms with Gasteiger partial charge >= 0.3 is 0 Å². The van der Waals surface area contributed by atoms with Gasteiger partial charge in [-0.1, -0.05) is 6.92 Å². The molecule has 1 rings (SSSR count). The minimum absolute atomic E-state index is 0.127. The van der Waals surface area contributed by atoms with Crippen LogP contribution in [0.1, 0.15) is 40.0 Å². The first-order valence-electron chi connectivity index (χ1n) is 4.78. The second kappa shape index (κ2) is 3.45. The van der Waals surface area contributed by atoms with E-state index in [1.807, 2.05) is 0 Å². The van der Waals surface area contributed by atoms with Crippen molar-refractivity contribution in [3.63, 3.8) is 0 Å². The minimum Gasteiger partial charge on any atom is -0.283 e. The molecule has 0 bridgehead atoms. The second-order valence-corrected chi connectivity index (χ2v) is 4.16. The molecule has 0 aromatic heterocycles. The Morgan fingerprint density at radius 1 is 1.58 bits per heavy atom. The van der Waals surface area contributed by atoms with Gasteiger partial charge in [0.2, 0.25) is 0 Å². The summed E-state index contributed by atoms with van der Waals surface area (Å²) in [5.74, 6) is 0. The van der Waals surface area contributed by atoms with Gasteiger partial charge in [-0.25, -0.2) is 0 Å². The zero-order valence-corrected chi connectivity index (χ0v) is 8.30. The standard InChI is InChI=1S/C10H18N2/c1-4-9(8-11)12-7-5-6-10(12,2)3/h9H,4-7H2,1-3H3. The normalized spacial score (nSPS) is 25.2. The lowest BCUT2D eigenvalue weighted by Gasteiger charge is -2.34. The summed E-state index contributed by atoms with van der Waals surface area (Å²) in [4.78, 5) is 2.34. The van der Waals surface area contributed by atoms with Crippen LogP contribution in [0.15, 0.2) is 0 Å². The van der Waals surface area contributed by atoms with Crippen LogP contribution in [0.2, 0.25) is 0 Å². The van der Waals surface area contributed by atoms with Crippen molar-refractivity contribution >= 4 is 0 Å². The third kappa shape index (κ3) is 1.61. The monoisotopic (exact) mass is 166 g/mol. The molecule has 1 atom stereocenters. The van der Waals surface area contributed by atoms with Crippen LogP contribution in [-0.2, 0) is 0 Å². The van der Waals surface area contributed by atoms with E-state index in [0.29, 0.717) is 0 Å². The molecule has 2 nitrogen and oxygen atoms in total. The molecule has 0 aromatic rings. The molecule has 0 aromatic carbocycles. The van der Waals surface area contributed by atoms with E-state index in [4.69, 9.17) is 5.26 Å². The Hall–Kier alpha value is -0.550. The zero-order chi connectivity index (χ0) is 9.19. The number of hydrogen-bond acceptors (Lipinski definition) is 2. The lowest BCUT2D eigenvalue weighted by Crippen LogP contribution is -2.44. The Kier molecular flexibility index (Phi) is 2.74. The fraction of sp³-hybridized carbons (Fsp3) is 0.900. The molecule has 0 saturated carbocycles. The quantitative estimate of drug-likeness (QED) is 0.628. The lowest BCUT2D eigenvalue weighted by atomic mass is 10.0. The van der Waals surface area contributed by atoms with Gasteiger partial charge in [0.15, 0.2) is 0 Å². The molecule has 68 valence electrons. The van der Waals surface area contributed by atoms with Crippen LogP contribution in [0.5, 0.6) is 0 Å². The molecule has 1 heterocycles. The first kappa shape index (κ1) is 9.54. The Balaban J connectivity index is 2.68. The molecule has 1 fully saturated rings. The smallest absolute Gasteiger partial charge is 0.0979 e. The molecule has 0 radical (unpaired) electrons. The second-order valence-electron chi connectivity index (χ2n) is 4.16. The fourth-order valence-electron chi connectivity index (χ4n) is 2.09. The minimum atomic E-state index is 0.127. The molecule has 0 spiro atoms. The first-order chi connectivity index (χ1) is 5.61. The third-order valence-electron chi connectivity index (χ3n) is 2.88. The van der Waals surface area contributed by atoms with Crippen molar-refractivity contribution in [2.75, 3.05) is 6.54 Å². The van der Waals surface area contributed by atoms with Gasteiger partial charge in [0.1, 0.15) is 0 Å². The molecule has 2 heteroatoms. The Morgan fingerprint density at radius 3 is 2.58 bits per heavy atom. The molecule has 12 heavy (non-hydrogen) atoms. The summed E-state index contributed by atoms with van der Waals surface area (Å²) in [5, 5.41) is 8.93. The molecular weight excluding hydrogens is 148 g/mol. The van der Waals surface area contributed by atoms with Crippen molar-refractivity contribution < 1.29 is 0 Å². The van der Waals surface area contributed by atoms with Crippen molar-refractivity contribution in [1.29, 1.82) is 5.26 Å². The number of nitriles is 1. The van der Waals surface area contributed by atoms with E-state index in [0.717, 1.165) is 13.0 Å². The Morgan fingerprint density at radius 2 is 2.25 bits per heavy atom. The predicted octanol–water partition coefficient (Wildman–Crippen LogP) is 2.16. The Labute approximate surface area is 75.2 Å². The fourth-order valence-corrected chi connectivity index (χ4v) is 2.09. The highest BCUT2D eigenvalue weighted by Gasteiger charge is 2.35. The van der Waals surface area contributed by atoms with Crippen LogP contribution in [-0.4, -0.2) is 23.0 Å². The van der Waals surface area contributed by atoms with Crippen LogP contribution in [0.3, 0.4) is 0 Å². The summed E-state index contributed by atoms with van der Waals surface area (Å²) in [7, 11) is 0. The number of likely N-dealkylation sites (tertiary alicyclic amines) is 1. The lowest BCUT2D eigenvalue weighted by molar-refractivity contribution is 0.141. The van der Waals surface area contributed by atoms with Crippen molar-refractivity contribution in [3.05, 3.63) is 0 Å². The van der Waals surface area contributed by atoms with Gasteiger partial charge in [-0.15, -0.1) is 0 Å². The zero-order valence-electron chi connectivity index (χ0n) is 8.30. The topological polar surface area (TPSA) is 27.0 Å². The molecule has 0 N–H and O–H groups in total. The van der Waals surface area contributed by atoms with Gasteiger partial charge in [-0.05, 0) is 39.7 Å². The molecular formula is C10H18N2. The molecule has 1 aliphatic rings. The SMILES string of the molecule is CCC(C#N)N1CCCC1(C)C. The molecule has 1 unspecified atom stereocenters. The summed E-state index contributed by atoms with van der Waals surface area (Å²) in [6.07, 6.45) is 3.41. The summed E-state index contributed by atoms with van der Waals surface area (Å²) >= 11 is 0. The van der Waals surface area contributed by atoms with Gasteiger partial charge in [-0.3, -0.25) is 4.90 Å². The van der Waals surface area contributed by atoms with Crippen LogP contribution in [0, 0.1) is 11.3 Å². The van der Waals surface area contributed by atoms with Gasteiger partial charge < -0.3 is 0 Å². The van der Waals surface area contributed by atoms with Crippen molar-refractivity contribution in [2.45, 2.75) is 51.6 Å². The van der Waals surface area contributed by atoms with E-state index in [9.17, 15) is 0 Å². The maximum atomic E-state index is 8.93. The summed E-state index contributed by atoms with van der Waals surface area (Å²) in [6, 6.07) is 2.50.